The van der Waals surface area contributed by atoms with Gasteiger partial charge in [0.15, 0.2) is 0 Å². The van der Waals surface area contributed by atoms with E-state index in [1.165, 1.54) is 5.56 Å². The minimum Gasteiger partial charge on any atom is -0.493 e. The molecule has 0 saturated heterocycles. The molecule has 0 bridgehead atoms. The first-order valence-electron chi connectivity index (χ1n) is 5.69. The minimum absolute atomic E-state index is 0.154. The van der Waals surface area contributed by atoms with Gasteiger partial charge in [-0.3, -0.25) is 0 Å². The van der Waals surface area contributed by atoms with Gasteiger partial charge in [0, 0.05) is 12.0 Å². The quantitative estimate of drug-likeness (QED) is 0.754. The van der Waals surface area contributed by atoms with Crippen LogP contribution in [0.15, 0.2) is 34.9 Å². The van der Waals surface area contributed by atoms with Crippen molar-refractivity contribution in [3.05, 3.63) is 53.0 Å². The summed E-state index contributed by atoms with van der Waals surface area (Å²) in [5.41, 5.74) is 3.34. The summed E-state index contributed by atoms with van der Waals surface area (Å²) < 4.78 is 10.8. The lowest BCUT2D eigenvalue weighted by Gasteiger charge is -2.08. The Morgan fingerprint density at radius 2 is 2.12 bits per heavy atom. The summed E-state index contributed by atoms with van der Waals surface area (Å²) in [6.45, 7) is 2.69. The maximum atomic E-state index is 6.45. The standard InChI is InChI=1S/C14H13ClO2/c1-9-6-12(8-17-9)14(15)11-2-3-13-10(7-11)4-5-16-13/h2-3,6-8,14H,4-5H2,1H3. The third kappa shape index (κ3) is 1.93. The lowest BCUT2D eigenvalue weighted by molar-refractivity contribution is 0.357. The zero-order chi connectivity index (χ0) is 11.8. The second-order valence-electron chi connectivity index (χ2n) is 4.32. The molecule has 88 valence electrons. The molecule has 1 unspecified atom stereocenters. The first kappa shape index (κ1) is 10.7. The fourth-order valence-corrected chi connectivity index (χ4v) is 2.40. The van der Waals surface area contributed by atoms with Gasteiger partial charge in [0.05, 0.1) is 18.2 Å². The molecule has 1 aromatic heterocycles. The number of halogens is 1. The smallest absolute Gasteiger partial charge is 0.122 e. The van der Waals surface area contributed by atoms with E-state index in [1.807, 2.05) is 25.1 Å². The summed E-state index contributed by atoms with van der Waals surface area (Å²) in [5.74, 6) is 1.87. The average Bonchev–Trinajstić information content (AvgIpc) is 2.95. The number of rotatable bonds is 2. The van der Waals surface area contributed by atoms with Crippen LogP contribution in [0.5, 0.6) is 5.75 Å². The molecule has 2 nitrogen and oxygen atoms in total. The lowest BCUT2D eigenvalue weighted by Crippen LogP contribution is -1.92. The van der Waals surface area contributed by atoms with Gasteiger partial charge < -0.3 is 9.15 Å². The number of hydrogen-bond donors (Lipinski definition) is 0. The van der Waals surface area contributed by atoms with Crippen LogP contribution in [0.1, 0.15) is 27.8 Å². The maximum absolute atomic E-state index is 6.45. The summed E-state index contributed by atoms with van der Waals surface area (Å²) in [4.78, 5) is 0. The van der Waals surface area contributed by atoms with Crippen LogP contribution in [0.25, 0.3) is 0 Å². The van der Waals surface area contributed by atoms with Crippen molar-refractivity contribution in [2.45, 2.75) is 18.7 Å². The molecule has 0 fully saturated rings. The van der Waals surface area contributed by atoms with Crippen molar-refractivity contribution in [1.82, 2.24) is 0 Å². The molecular weight excluding hydrogens is 236 g/mol. The monoisotopic (exact) mass is 248 g/mol. The van der Waals surface area contributed by atoms with Crippen molar-refractivity contribution >= 4 is 11.6 Å². The van der Waals surface area contributed by atoms with Crippen LogP contribution in [0.4, 0.5) is 0 Å². The molecule has 0 N–H and O–H groups in total. The van der Waals surface area contributed by atoms with Gasteiger partial charge in [-0.2, -0.15) is 0 Å². The van der Waals surface area contributed by atoms with Crippen LogP contribution in [0, 0.1) is 6.92 Å². The molecular formula is C14H13ClO2. The van der Waals surface area contributed by atoms with Crippen LogP contribution in [0.2, 0.25) is 0 Å². The molecule has 17 heavy (non-hydrogen) atoms. The van der Waals surface area contributed by atoms with Crippen molar-refractivity contribution in [2.24, 2.45) is 0 Å². The Hall–Kier alpha value is -1.41. The lowest BCUT2D eigenvalue weighted by atomic mass is 10.0. The fraction of sp³-hybridized carbons (Fsp3) is 0.286. The van der Waals surface area contributed by atoms with Gasteiger partial charge in [-0.25, -0.2) is 0 Å². The molecule has 0 saturated carbocycles. The number of alkyl halides is 1. The summed E-state index contributed by atoms with van der Waals surface area (Å²) in [7, 11) is 0. The zero-order valence-corrected chi connectivity index (χ0v) is 10.3. The average molecular weight is 249 g/mol. The van der Waals surface area contributed by atoms with E-state index >= 15 is 0 Å². The Morgan fingerprint density at radius 3 is 2.88 bits per heavy atom. The SMILES string of the molecule is Cc1cc(C(Cl)c2ccc3c(c2)CCO3)co1. The number of aryl methyl sites for hydroxylation is 1. The van der Waals surface area contributed by atoms with Crippen LogP contribution >= 0.6 is 11.6 Å². The van der Waals surface area contributed by atoms with Crippen molar-refractivity contribution in [3.63, 3.8) is 0 Å². The van der Waals surface area contributed by atoms with Crippen LogP contribution in [-0.4, -0.2) is 6.61 Å². The van der Waals surface area contributed by atoms with Crippen LogP contribution in [0.3, 0.4) is 0 Å². The van der Waals surface area contributed by atoms with Crippen molar-refractivity contribution in [1.29, 1.82) is 0 Å². The summed E-state index contributed by atoms with van der Waals surface area (Å²) in [6, 6.07) is 8.12. The van der Waals surface area contributed by atoms with Gasteiger partial charge in [0.1, 0.15) is 11.5 Å². The maximum Gasteiger partial charge on any atom is 0.122 e. The van der Waals surface area contributed by atoms with Gasteiger partial charge in [0.2, 0.25) is 0 Å². The molecule has 0 spiro atoms. The Kier molecular flexibility index (Phi) is 2.60. The second-order valence-corrected chi connectivity index (χ2v) is 4.76. The number of fused-ring (bicyclic) bond motifs is 1. The molecule has 3 rings (SSSR count). The third-order valence-electron chi connectivity index (χ3n) is 3.05. The molecule has 2 aromatic rings. The molecule has 0 amide bonds. The highest BCUT2D eigenvalue weighted by Gasteiger charge is 2.17. The predicted molar refractivity (Wildman–Crippen MR) is 66.8 cm³/mol. The van der Waals surface area contributed by atoms with E-state index in [9.17, 15) is 0 Å². The molecule has 1 atom stereocenters. The van der Waals surface area contributed by atoms with E-state index in [0.717, 1.165) is 35.7 Å². The Morgan fingerprint density at radius 1 is 1.24 bits per heavy atom. The molecule has 3 heteroatoms. The molecule has 1 aromatic carbocycles. The van der Waals surface area contributed by atoms with E-state index in [-0.39, 0.29) is 5.38 Å². The van der Waals surface area contributed by atoms with Gasteiger partial charge in [-0.15, -0.1) is 11.6 Å². The normalized spacial score (nSPS) is 15.4. The number of benzene rings is 1. The first-order valence-corrected chi connectivity index (χ1v) is 6.12. The van der Waals surface area contributed by atoms with Crippen LogP contribution in [-0.2, 0) is 6.42 Å². The van der Waals surface area contributed by atoms with Gasteiger partial charge in [0.25, 0.3) is 0 Å². The number of hydrogen-bond acceptors (Lipinski definition) is 2. The predicted octanol–water partition coefficient (Wildman–Crippen LogP) is 3.85. The second kappa shape index (κ2) is 4.11. The third-order valence-corrected chi connectivity index (χ3v) is 3.55. The van der Waals surface area contributed by atoms with E-state index in [2.05, 4.69) is 6.07 Å². The van der Waals surface area contributed by atoms with Crippen molar-refractivity contribution in [2.75, 3.05) is 6.61 Å². The Labute approximate surface area is 105 Å². The molecule has 1 aliphatic heterocycles. The molecule has 0 aliphatic carbocycles. The van der Waals surface area contributed by atoms with Gasteiger partial charge >= 0.3 is 0 Å². The summed E-state index contributed by atoms with van der Waals surface area (Å²) >= 11 is 6.45. The zero-order valence-electron chi connectivity index (χ0n) is 9.57. The van der Waals surface area contributed by atoms with E-state index in [1.54, 1.807) is 6.26 Å². The molecule has 2 heterocycles. The van der Waals surface area contributed by atoms with E-state index in [4.69, 9.17) is 20.8 Å². The molecule has 1 aliphatic rings. The fourth-order valence-electron chi connectivity index (χ4n) is 2.15. The highest BCUT2D eigenvalue weighted by atomic mass is 35.5. The minimum atomic E-state index is -0.154. The Bertz CT molecular complexity index is 545. The van der Waals surface area contributed by atoms with Crippen LogP contribution < -0.4 is 4.74 Å². The van der Waals surface area contributed by atoms with E-state index < -0.39 is 0 Å². The summed E-state index contributed by atoms with van der Waals surface area (Å²) in [5, 5.41) is -0.154. The number of ether oxygens (including phenoxy) is 1. The largest absolute Gasteiger partial charge is 0.493 e. The first-order chi connectivity index (χ1) is 8.24. The molecule has 0 radical (unpaired) electrons. The Balaban J connectivity index is 1.94. The highest BCUT2D eigenvalue weighted by Crippen LogP contribution is 2.34. The highest BCUT2D eigenvalue weighted by molar-refractivity contribution is 6.22. The van der Waals surface area contributed by atoms with E-state index in [0.29, 0.717) is 0 Å². The van der Waals surface area contributed by atoms with Gasteiger partial charge in [-0.1, -0.05) is 12.1 Å². The van der Waals surface area contributed by atoms with Crippen molar-refractivity contribution < 1.29 is 9.15 Å². The number of furan rings is 1. The van der Waals surface area contributed by atoms with Gasteiger partial charge in [-0.05, 0) is 30.2 Å². The van der Waals surface area contributed by atoms with Crippen molar-refractivity contribution in [3.8, 4) is 5.75 Å². The summed E-state index contributed by atoms with van der Waals surface area (Å²) in [6.07, 6.45) is 2.69. The topological polar surface area (TPSA) is 22.4 Å².